The first-order valence-electron chi connectivity index (χ1n) is 7.75. The first-order chi connectivity index (χ1) is 10.9. The van der Waals surface area contributed by atoms with E-state index in [4.69, 9.17) is 0 Å². The van der Waals surface area contributed by atoms with Gasteiger partial charge in [-0.15, -0.1) is 0 Å². The molecular weight excluding hydrogens is 276 g/mol. The van der Waals surface area contributed by atoms with Gasteiger partial charge in [-0.2, -0.15) is 5.10 Å². The Morgan fingerprint density at radius 1 is 1.36 bits per heavy atom. The van der Waals surface area contributed by atoms with Gasteiger partial charge in [-0.1, -0.05) is 0 Å². The molecule has 6 nitrogen and oxygen atoms in total. The fraction of sp³-hybridized carbons (Fsp3) is 0.375. The lowest BCUT2D eigenvalue weighted by molar-refractivity contribution is 0.450. The van der Waals surface area contributed by atoms with E-state index in [1.54, 1.807) is 0 Å². The Hall–Kier alpha value is -2.34. The zero-order valence-corrected chi connectivity index (χ0v) is 12.6. The Labute approximate surface area is 128 Å². The van der Waals surface area contributed by atoms with Crippen molar-refractivity contribution < 1.29 is 0 Å². The van der Waals surface area contributed by atoms with Crippen molar-refractivity contribution in [2.24, 2.45) is 0 Å². The summed E-state index contributed by atoms with van der Waals surface area (Å²) in [6.07, 6.45) is 8.17. The maximum Gasteiger partial charge on any atom is 0.140 e. The molecular formula is C16H20N6. The van der Waals surface area contributed by atoms with Gasteiger partial charge in [0.25, 0.3) is 0 Å². The zero-order valence-electron chi connectivity index (χ0n) is 12.6. The Kier molecular flexibility index (Phi) is 3.31. The number of aromatic amines is 2. The summed E-state index contributed by atoms with van der Waals surface area (Å²) >= 11 is 0. The highest BCUT2D eigenvalue weighted by atomic mass is 15.2. The van der Waals surface area contributed by atoms with Crippen LogP contribution in [-0.4, -0.2) is 46.3 Å². The molecule has 0 aliphatic carbocycles. The first-order valence-corrected chi connectivity index (χ1v) is 7.75. The minimum atomic E-state index is 0.546. The Morgan fingerprint density at radius 2 is 2.32 bits per heavy atom. The fourth-order valence-electron chi connectivity index (χ4n) is 3.35. The third-order valence-corrected chi connectivity index (χ3v) is 4.50. The highest BCUT2D eigenvalue weighted by Crippen LogP contribution is 2.35. The molecule has 4 heterocycles. The number of hydrogen-bond acceptors (Lipinski definition) is 4. The fourth-order valence-corrected chi connectivity index (χ4v) is 3.35. The van der Waals surface area contributed by atoms with Crippen LogP contribution in [0.5, 0.6) is 0 Å². The van der Waals surface area contributed by atoms with E-state index in [9.17, 15) is 0 Å². The Morgan fingerprint density at radius 3 is 3.14 bits per heavy atom. The molecule has 4 rings (SSSR count). The van der Waals surface area contributed by atoms with Crippen LogP contribution < -0.4 is 10.2 Å². The average molecular weight is 296 g/mol. The van der Waals surface area contributed by atoms with Crippen LogP contribution in [0.4, 0.5) is 5.69 Å². The van der Waals surface area contributed by atoms with Gasteiger partial charge in [0, 0.05) is 43.3 Å². The summed E-state index contributed by atoms with van der Waals surface area (Å²) in [4.78, 5) is 10.2. The second kappa shape index (κ2) is 5.46. The third kappa shape index (κ3) is 2.16. The van der Waals surface area contributed by atoms with Gasteiger partial charge >= 0.3 is 0 Å². The van der Waals surface area contributed by atoms with Crippen LogP contribution in [0.25, 0.3) is 22.3 Å². The standard InChI is InChI=1S/C16H20N6/c1-17-11-3-2-8-22(10-11)14-5-6-18-16-15(14)12(9-19-16)13-4-7-20-21-13/h4-7,9,11,17H,2-3,8,10H2,1H3,(H,18,19)(H,20,21)/t11-/m0/s1. The molecule has 1 saturated heterocycles. The van der Waals surface area contributed by atoms with Crippen LogP contribution in [0.15, 0.2) is 30.7 Å². The van der Waals surface area contributed by atoms with E-state index in [0.29, 0.717) is 6.04 Å². The summed E-state index contributed by atoms with van der Waals surface area (Å²) in [6.45, 7) is 2.11. The van der Waals surface area contributed by atoms with E-state index in [-0.39, 0.29) is 0 Å². The van der Waals surface area contributed by atoms with Crippen molar-refractivity contribution in [1.82, 2.24) is 25.5 Å². The summed E-state index contributed by atoms with van der Waals surface area (Å²) in [5.74, 6) is 0. The number of hydrogen-bond donors (Lipinski definition) is 3. The normalized spacial score (nSPS) is 19.0. The quantitative estimate of drug-likeness (QED) is 0.692. The van der Waals surface area contributed by atoms with Gasteiger partial charge in [0.1, 0.15) is 5.65 Å². The highest BCUT2D eigenvalue weighted by Gasteiger charge is 2.22. The topological polar surface area (TPSA) is 72.6 Å². The van der Waals surface area contributed by atoms with E-state index in [1.165, 1.54) is 18.5 Å². The molecule has 3 aromatic rings. The maximum atomic E-state index is 4.47. The minimum Gasteiger partial charge on any atom is -0.369 e. The molecule has 3 N–H and O–H groups in total. The van der Waals surface area contributed by atoms with Crippen molar-refractivity contribution >= 4 is 16.7 Å². The second-order valence-corrected chi connectivity index (χ2v) is 5.79. The number of anilines is 1. The molecule has 1 atom stereocenters. The number of aromatic nitrogens is 4. The number of piperidine rings is 1. The number of rotatable bonds is 3. The zero-order chi connectivity index (χ0) is 14.9. The smallest absolute Gasteiger partial charge is 0.140 e. The van der Waals surface area contributed by atoms with Crippen molar-refractivity contribution in [2.75, 3.05) is 25.0 Å². The SMILES string of the molecule is CN[C@H]1CCCN(c2ccnc3[nH]cc(-c4cc[nH]n4)c23)C1. The molecule has 22 heavy (non-hydrogen) atoms. The molecule has 0 amide bonds. The third-order valence-electron chi connectivity index (χ3n) is 4.50. The number of fused-ring (bicyclic) bond motifs is 1. The molecule has 0 spiro atoms. The Bertz CT molecular complexity index is 760. The summed E-state index contributed by atoms with van der Waals surface area (Å²) in [6, 6.07) is 4.65. The molecule has 0 aromatic carbocycles. The van der Waals surface area contributed by atoms with Gasteiger partial charge in [0.05, 0.1) is 16.8 Å². The Balaban J connectivity index is 1.82. The maximum absolute atomic E-state index is 4.47. The average Bonchev–Trinajstić information content (AvgIpc) is 3.23. The number of pyridine rings is 1. The van der Waals surface area contributed by atoms with Crippen molar-refractivity contribution in [3.63, 3.8) is 0 Å². The largest absolute Gasteiger partial charge is 0.369 e. The molecule has 0 bridgehead atoms. The van der Waals surface area contributed by atoms with Crippen LogP contribution in [0.1, 0.15) is 12.8 Å². The lowest BCUT2D eigenvalue weighted by Gasteiger charge is -2.34. The van der Waals surface area contributed by atoms with Crippen LogP contribution in [0, 0.1) is 0 Å². The molecule has 3 aromatic heterocycles. The highest BCUT2D eigenvalue weighted by molar-refractivity contribution is 6.01. The number of likely N-dealkylation sites (N-methyl/N-ethyl adjacent to an activating group) is 1. The summed E-state index contributed by atoms with van der Waals surface area (Å²) in [5, 5.41) is 11.8. The van der Waals surface area contributed by atoms with E-state index < -0.39 is 0 Å². The van der Waals surface area contributed by atoms with E-state index in [1.807, 2.05) is 31.7 Å². The lowest BCUT2D eigenvalue weighted by Crippen LogP contribution is -2.44. The predicted octanol–water partition coefficient (Wildman–Crippen LogP) is 2.14. The molecule has 0 saturated carbocycles. The minimum absolute atomic E-state index is 0.546. The number of H-pyrrole nitrogens is 2. The molecule has 6 heteroatoms. The lowest BCUT2D eigenvalue weighted by atomic mass is 10.0. The summed E-state index contributed by atoms with van der Waals surface area (Å²) < 4.78 is 0. The predicted molar refractivity (Wildman–Crippen MR) is 88.0 cm³/mol. The van der Waals surface area contributed by atoms with Crippen molar-refractivity contribution in [2.45, 2.75) is 18.9 Å². The van der Waals surface area contributed by atoms with Gasteiger partial charge in [-0.3, -0.25) is 5.10 Å². The van der Waals surface area contributed by atoms with Gasteiger partial charge < -0.3 is 15.2 Å². The van der Waals surface area contributed by atoms with Crippen LogP contribution in [0.2, 0.25) is 0 Å². The molecule has 1 fully saturated rings. The number of nitrogens with one attached hydrogen (secondary N) is 3. The van der Waals surface area contributed by atoms with Crippen molar-refractivity contribution in [1.29, 1.82) is 0 Å². The van der Waals surface area contributed by atoms with Gasteiger partial charge in [0.2, 0.25) is 0 Å². The first kappa shape index (κ1) is 13.3. The van der Waals surface area contributed by atoms with Gasteiger partial charge in [-0.25, -0.2) is 4.98 Å². The van der Waals surface area contributed by atoms with E-state index in [0.717, 1.165) is 35.4 Å². The molecule has 0 radical (unpaired) electrons. The van der Waals surface area contributed by atoms with E-state index >= 15 is 0 Å². The van der Waals surface area contributed by atoms with Crippen LogP contribution >= 0.6 is 0 Å². The van der Waals surface area contributed by atoms with Gasteiger partial charge in [-0.05, 0) is 32.0 Å². The van der Waals surface area contributed by atoms with Crippen molar-refractivity contribution in [3.8, 4) is 11.3 Å². The second-order valence-electron chi connectivity index (χ2n) is 5.79. The molecule has 0 unspecified atom stereocenters. The number of nitrogens with zero attached hydrogens (tertiary/aromatic N) is 3. The van der Waals surface area contributed by atoms with Crippen LogP contribution in [-0.2, 0) is 0 Å². The summed E-state index contributed by atoms with van der Waals surface area (Å²) in [5.41, 5.74) is 4.21. The van der Waals surface area contributed by atoms with Crippen molar-refractivity contribution in [3.05, 3.63) is 30.7 Å². The summed E-state index contributed by atoms with van der Waals surface area (Å²) in [7, 11) is 2.04. The van der Waals surface area contributed by atoms with E-state index in [2.05, 4.69) is 36.4 Å². The van der Waals surface area contributed by atoms with Gasteiger partial charge in [0.15, 0.2) is 0 Å². The van der Waals surface area contributed by atoms with Crippen LogP contribution in [0.3, 0.4) is 0 Å². The monoisotopic (exact) mass is 296 g/mol. The molecule has 114 valence electrons. The molecule has 1 aliphatic rings. The molecule has 1 aliphatic heterocycles.